The number of nitrogens with one attached hydrogen (secondary N) is 2. The van der Waals surface area contributed by atoms with Crippen LogP contribution in [0.3, 0.4) is 0 Å². The number of hydrogen-bond donors (Lipinski definition) is 3. The Balaban J connectivity index is 1.39. The minimum absolute atomic E-state index is 0.312. The van der Waals surface area contributed by atoms with Gasteiger partial charge in [-0.25, -0.2) is 0 Å². The molecule has 1 amide bonds. The standard InChI is InChI=1S/C21H26N4O3S/c1-14-9-15(2)25(21(29)19(14)20(22)26)12-24-7-5-23(6-8-24)11-16-3-4-17-18(10-16)28-13-27-17/h3-4,9-10H,5-8,11-13H2,1-2H3,(H2,22,26)/p+2. The van der Waals surface area contributed by atoms with Crippen molar-refractivity contribution in [2.75, 3.05) is 33.0 Å². The van der Waals surface area contributed by atoms with Gasteiger partial charge in [0.25, 0.3) is 5.91 Å². The largest absolute Gasteiger partial charge is 0.454 e. The lowest BCUT2D eigenvalue weighted by Crippen LogP contribution is -3.27. The second-order valence-corrected chi connectivity index (χ2v) is 8.35. The van der Waals surface area contributed by atoms with Gasteiger partial charge in [-0.3, -0.25) is 9.36 Å². The molecule has 4 rings (SSSR count). The first-order valence-corrected chi connectivity index (χ1v) is 10.4. The normalized spacial score (nSPS) is 20.6. The molecule has 29 heavy (non-hydrogen) atoms. The number of piperazine rings is 1. The van der Waals surface area contributed by atoms with Crippen molar-refractivity contribution in [3.63, 3.8) is 0 Å². The molecule has 0 atom stereocenters. The van der Waals surface area contributed by atoms with E-state index in [1.54, 1.807) is 4.90 Å². The van der Waals surface area contributed by atoms with Gasteiger partial charge < -0.3 is 25.0 Å². The number of quaternary nitrogens is 2. The summed E-state index contributed by atoms with van der Waals surface area (Å²) < 4.78 is 13.5. The highest BCUT2D eigenvalue weighted by atomic mass is 32.1. The lowest BCUT2D eigenvalue weighted by Gasteiger charge is -2.31. The molecule has 4 N–H and O–H groups in total. The van der Waals surface area contributed by atoms with E-state index < -0.39 is 5.91 Å². The van der Waals surface area contributed by atoms with Crippen LogP contribution >= 0.6 is 12.2 Å². The van der Waals surface area contributed by atoms with E-state index in [0.717, 1.165) is 62.1 Å². The summed E-state index contributed by atoms with van der Waals surface area (Å²) in [5, 5.41) is 0. The van der Waals surface area contributed by atoms with Crippen LogP contribution in [0.15, 0.2) is 24.3 Å². The van der Waals surface area contributed by atoms with Crippen LogP contribution in [0, 0.1) is 18.5 Å². The number of pyridine rings is 1. The van der Waals surface area contributed by atoms with Gasteiger partial charge in [0.15, 0.2) is 18.2 Å². The highest BCUT2D eigenvalue weighted by molar-refractivity contribution is 7.71. The Hall–Kier alpha value is -2.42. The van der Waals surface area contributed by atoms with E-state index in [1.807, 2.05) is 26.0 Å². The van der Waals surface area contributed by atoms with Crippen LogP contribution in [-0.4, -0.2) is 43.4 Å². The molecule has 7 nitrogen and oxygen atoms in total. The molecule has 2 aliphatic rings. The minimum Gasteiger partial charge on any atom is -0.454 e. The molecule has 8 heteroatoms. The molecule has 0 saturated carbocycles. The third-order valence-corrected chi connectivity index (χ3v) is 6.31. The van der Waals surface area contributed by atoms with Crippen molar-refractivity contribution < 1.29 is 24.1 Å². The lowest BCUT2D eigenvalue weighted by atomic mass is 10.1. The fraction of sp³-hybridized carbons (Fsp3) is 0.429. The van der Waals surface area contributed by atoms with Crippen molar-refractivity contribution in [1.29, 1.82) is 0 Å². The predicted molar refractivity (Wildman–Crippen MR) is 111 cm³/mol. The topological polar surface area (TPSA) is 75.4 Å². The number of aromatic nitrogens is 1. The van der Waals surface area contributed by atoms with E-state index in [1.165, 1.54) is 10.5 Å². The number of amides is 1. The SMILES string of the molecule is Cc1cc(C)n(C[NH+]2CC[NH+](Cc3ccc4c(c3)OCO4)CC2)c(=S)c1C(N)=O. The molecule has 0 bridgehead atoms. The molecule has 1 aromatic heterocycles. The van der Waals surface area contributed by atoms with Gasteiger partial charge in [0.2, 0.25) is 6.79 Å². The monoisotopic (exact) mass is 416 g/mol. The third kappa shape index (κ3) is 4.14. The number of hydrogen-bond acceptors (Lipinski definition) is 4. The number of benzene rings is 1. The van der Waals surface area contributed by atoms with Crippen molar-refractivity contribution in [3.05, 3.63) is 51.3 Å². The van der Waals surface area contributed by atoms with Crippen LogP contribution in [0.25, 0.3) is 0 Å². The molecule has 3 heterocycles. The van der Waals surface area contributed by atoms with Gasteiger partial charge in [-0.05, 0) is 43.7 Å². The maximum Gasteiger partial charge on any atom is 0.251 e. The Morgan fingerprint density at radius 3 is 2.52 bits per heavy atom. The fourth-order valence-corrected chi connectivity index (χ4v) is 4.75. The van der Waals surface area contributed by atoms with E-state index in [2.05, 4.69) is 16.7 Å². The highest BCUT2D eigenvalue weighted by Gasteiger charge is 2.25. The summed E-state index contributed by atoms with van der Waals surface area (Å²) in [5.41, 5.74) is 9.21. The molecule has 2 aliphatic heterocycles. The van der Waals surface area contributed by atoms with Gasteiger partial charge in [0.05, 0.1) is 5.56 Å². The van der Waals surface area contributed by atoms with Crippen molar-refractivity contribution in [2.24, 2.45) is 5.73 Å². The van der Waals surface area contributed by atoms with E-state index >= 15 is 0 Å². The Morgan fingerprint density at radius 2 is 1.79 bits per heavy atom. The summed E-state index contributed by atoms with van der Waals surface area (Å²) >= 11 is 5.58. The average Bonchev–Trinajstić information content (AvgIpc) is 3.14. The fourth-order valence-electron chi connectivity index (χ4n) is 4.28. The Labute approximate surface area is 175 Å². The van der Waals surface area contributed by atoms with Crippen LogP contribution in [0.4, 0.5) is 0 Å². The van der Waals surface area contributed by atoms with Gasteiger partial charge >= 0.3 is 0 Å². The zero-order valence-corrected chi connectivity index (χ0v) is 17.7. The maximum atomic E-state index is 11.8. The van der Waals surface area contributed by atoms with E-state index in [-0.39, 0.29) is 0 Å². The molecule has 0 spiro atoms. The smallest absolute Gasteiger partial charge is 0.251 e. The van der Waals surface area contributed by atoms with Crippen molar-refractivity contribution in [2.45, 2.75) is 27.1 Å². The average molecular weight is 417 g/mol. The Morgan fingerprint density at radius 1 is 1.10 bits per heavy atom. The summed E-state index contributed by atoms with van der Waals surface area (Å²) in [4.78, 5) is 14.8. The molecule has 0 radical (unpaired) electrons. The van der Waals surface area contributed by atoms with Crippen molar-refractivity contribution in [1.82, 2.24) is 4.57 Å². The molecule has 1 fully saturated rings. The van der Waals surface area contributed by atoms with Gasteiger partial charge in [0, 0.05) is 11.3 Å². The quantitative estimate of drug-likeness (QED) is 0.580. The molecule has 1 aromatic carbocycles. The van der Waals surface area contributed by atoms with Gasteiger partial charge in [-0.1, -0.05) is 12.2 Å². The number of aryl methyl sites for hydroxylation is 2. The molecule has 0 unspecified atom stereocenters. The van der Waals surface area contributed by atoms with Gasteiger partial charge in [0.1, 0.15) is 37.4 Å². The maximum absolute atomic E-state index is 11.8. The van der Waals surface area contributed by atoms with Crippen molar-refractivity contribution in [3.8, 4) is 11.5 Å². The number of primary amides is 1. The number of nitrogens with zero attached hydrogens (tertiary/aromatic N) is 1. The van der Waals surface area contributed by atoms with Gasteiger partial charge in [-0.2, -0.15) is 0 Å². The molecular formula is C21H28N4O3S+2. The minimum atomic E-state index is -0.450. The molecule has 1 saturated heterocycles. The van der Waals surface area contributed by atoms with Crippen LogP contribution in [0.1, 0.15) is 27.2 Å². The molecule has 2 aromatic rings. The van der Waals surface area contributed by atoms with E-state index in [9.17, 15) is 4.79 Å². The second kappa shape index (κ2) is 8.14. The number of fused-ring (bicyclic) bond motifs is 1. The number of nitrogens with two attached hydrogens (primary N) is 1. The predicted octanol–water partition coefficient (Wildman–Crippen LogP) is -0.397. The summed E-state index contributed by atoms with van der Waals surface area (Å²) in [6.45, 7) is 10.3. The van der Waals surface area contributed by atoms with Crippen LogP contribution in [0.2, 0.25) is 0 Å². The Kier molecular flexibility index (Phi) is 5.58. The zero-order valence-electron chi connectivity index (χ0n) is 16.9. The Bertz CT molecular complexity index is 996. The van der Waals surface area contributed by atoms with Crippen LogP contribution < -0.4 is 25.0 Å². The van der Waals surface area contributed by atoms with E-state index in [0.29, 0.717) is 17.0 Å². The van der Waals surface area contributed by atoms with E-state index in [4.69, 9.17) is 27.4 Å². The number of rotatable bonds is 5. The molecule has 154 valence electrons. The number of carbonyl (C=O) groups excluding carboxylic acids is 1. The lowest BCUT2D eigenvalue weighted by molar-refractivity contribution is -1.03. The third-order valence-electron chi connectivity index (χ3n) is 5.89. The van der Waals surface area contributed by atoms with Gasteiger partial charge in [-0.15, -0.1) is 0 Å². The highest BCUT2D eigenvalue weighted by Crippen LogP contribution is 2.32. The summed E-state index contributed by atoms with van der Waals surface area (Å²) in [5.74, 6) is 1.23. The van der Waals surface area contributed by atoms with Crippen LogP contribution in [0.5, 0.6) is 11.5 Å². The number of carbonyl (C=O) groups is 1. The summed E-state index contributed by atoms with van der Waals surface area (Å²) in [7, 11) is 0. The van der Waals surface area contributed by atoms with Crippen molar-refractivity contribution >= 4 is 18.1 Å². The molecular weight excluding hydrogens is 388 g/mol. The summed E-state index contributed by atoms with van der Waals surface area (Å²) in [6.07, 6.45) is 0. The first-order chi connectivity index (χ1) is 13.9. The first-order valence-electron chi connectivity index (χ1n) is 9.99. The first kappa shape index (κ1) is 19.9. The second-order valence-electron chi connectivity index (χ2n) is 7.96. The summed E-state index contributed by atoms with van der Waals surface area (Å²) in [6, 6.07) is 8.21. The zero-order chi connectivity index (χ0) is 20.5. The molecule has 0 aliphatic carbocycles. The number of ether oxygens (including phenoxy) is 2. The van der Waals surface area contributed by atoms with Crippen LogP contribution in [-0.2, 0) is 13.2 Å².